The average molecular weight is 295 g/mol. The summed E-state index contributed by atoms with van der Waals surface area (Å²) in [6, 6.07) is 6.31. The van der Waals surface area contributed by atoms with Crippen molar-refractivity contribution in [3.63, 3.8) is 0 Å². The quantitative estimate of drug-likeness (QED) is 0.451. The Morgan fingerprint density at radius 3 is 2.50 bits per heavy atom. The zero-order chi connectivity index (χ0) is 14.8. The van der Waals surface area contributed by atoms with Gasteiger partial charge in [-0.05, 0) is 37.9 Å². The van der Waals surface area contributed by atoms with Crippen molar-refractivity contribution in [3.8, 4) is 0 Å². The van der Waals surface area contributed by atoms with E-state index in [0.29, 0.717) is 5.75 Å². The fourth-order valence-electron chi connectivity index (χ4n) is 2.23. The van der Waals surface area contributed by atoms with E-state index in [9.17, 15) is 14.9 Å². The fourth-order valence-corrected chi connectivity index (χ4v) is 3.47. The van der Waals surface area contributed by atoms with E-state index in [0.717, 1.165) is 17.7 Å². The Balaban J connectivity index is 2.06. The van der Waals surface area contributed by atoms with Gasteiger partial charge in [0, 0.05) is 22.8 Å². The zero-order valence-corrected chi connectivity index (χ0v) is 12.0. The molecule has 1 aromatic rings. The van der Waals surface area contributed by atoms with E-state index in [1.807, 2.05) is 0 Å². The zero-order valence-electron chi connectivity index (χ0n) is 11.2. The average Bonchev–Trinajstić information content (AvgIpc) is 3.25. The van der Waals surface area contributed by atoms with Gasteiger partial charge >= 0.3 is 0 Å². The van der Waals surface area contributed by atoms with E-state index in [-0.39, 0.29) is 17.5 Å². The van der Waals surface area contributed by atoms with Gasteiger partial charge in [-0.15, -0.1) is 11.8 Å². The molecule has 1 atom stereocenters. The van der Waals surface area contributed by atoms with Gasteiger partial charge in [0.15, 0.2) is 0 Å². The Labute approximate surface area is 121 Å². The third-order valence-electron chi connectivity index (χ3n) is 3.67. The number of nitrogens with one attached hydrogen (secondary N) is 1. The van der Waals surface area contributed by atoms with Crippen LogP contribution in [0.25, 0.3) is 0 Å². The maximum atomic E-state index is 11.8. The minimum absolute atomic E-state index is 0.0614. The van der Waals surface area contributed by atoms with Crippen LogP contribution in [-0.4, -0.2) is 29.2 Å². The Morgan fingerprint density at radius 2 is 2.10 bits per heavy atom. The number of likely N-dealkylation sites (N-methyl/N-ethyl adjacent to an activating group) is 1. The molecule has 6 nitrogen and oxygen atoms in total. The van der Waals surface area contributed by atoms with Crippen molar-refractivity contribution in [1.82, 2.24) is 5.32 Å². The lowest BCUT2D eigenvalue weighted by Gasteiger charge is -2.30. The number of carbonyl (C=O) groups excluding carboxylic acids is 1. The molecule has 1 saturated carbocycles. The molecule has 0 aliphatic heterocycles. The van der Waals surface area contributed by atoms with Crippen molar-refractivity contribution in [2.24, 2.45) is 11.7 Å². The van der Waals surface area contributed by atoms with E-state index in [1.165, 1.54) is 23.9 Å². The molecule has 20 heavy (non-hydrogen) atoms. The summed E-state index contributed by atoms with van der Waals surface area (Å²) < 4.78 is 0. The molecule has 0 aromatic heterocycles. The first-order chi connectivity index (χ1) is 9.49. The van der Waals surface area contributed by atoms with Crippen molar-refractivity contribution < 1.29 is 9.72 Å². The molecule has 7 heteroatoms. The molecule has 0 radical (unpaired) electrons. The Morgan fingerprint density at radius 1 is 1.50 bits per heavy atom. The lowest BCUT2D eigenvalue weighted by Crippen LogP contribution is -2.57. The molecule has 1 aromatic carbocycles. The largest absolute Gasteiger partial charge is 0.368 e. The first-order valence-electron chi connectivity index (χ1n) is 6.35. The van der Waals surface area contributed by atoms with Gasteiger partial charge in [-0.2, -0.15) is 0 Å². The van der Waals surface area contributed by atoms with E-state index < -0.39 is 10.5 Å². The van der Waals surface area contributed by atoms with E-state index in [1.54, 1.807) is 19.2 Å². The predicted molar refractivity (Wildman–Crippen MR) is 77.5 cm³/mol. The van der Waals surface area contributed by atoms with Crippen LogP contribution in [0.1, 0.15) is 12.8 Å². The van der Waals surface area contributed by atoms with E-state index in [2.05, 4.69) is 5.32 Å². The highest BCUT2D eigenvalue weighted by atomic mass is 32.2. The van der Waals surface area contributed by atoms with Gasteiger partial charge in [0.25, 0.3) is 5.69 Å². The third-order valence-corrected chi connectivity index (χ3v) is 4.88. The number of carbonyl (C=O) groups is 1. The van der Waals surface area contributed by atoms with E-state index >= 15 is 0 Å². The summed E-state index contributed by atoms with van der Waals surface area (Å²) in [7, 11) is 1.75. The summed E-state index contributed by atoms with van der Waals surface area (Å²) in [4.78, 5) is 22.8. The Bertz CT molecular complexity index is 516. The number of nitro groups is 1. The lowest BCUT2D eigenvalue weighted by atomic mass is 9.95. The number of nitrogens with two attached hydrogens (primary N) is 1. The Kier molecular flexibility index (Phi) is 4.29. The van der Waals surface area contributed by atoms with Crippen molar-refractivity contribution in [3.05, 3.63) is 34.4 Å². The van der Waals surface area contributed by atoms with Gasteiger partial charge in [0.1, 0.15) is 5.54 Å². The van der Waals surface area contributed by atoms with Crippen molar-refractivity contribution >= 4 is 23.4 Å². The number of primary amides is 1. The summed E-state index contributed by atoms with van der Waals surface area (Å²) in [5.41, 5.74) is 4.92. The van der Waals surface area contributed by atoms with Crippen molar-refractivity contribution in [2.75, 3.05) is 12.8 Å². The maximum Gasteiger partial charge on any atom is 0.269 e. The van der Waals surface area contributed by atoms with Gasteiger partial charge in [0.2, 0.25) is 5.91 Å². The molecule has 1 aliphatic rings. The van der Waals surface area contributed by atoms with Crippen LogP contribution in [0.4, 0.5) is 5.69 Å². The molecular formula is C13H17N3O3S. The summed E-state index contributed by atoms with van der Waals surface area (Å²) in [5, 5.41) is 13.7. The van der Waals surface area contributed by atoms with Crippen LogP contribution in [0.15, 0.2) is 29.2 Å². The highest BCUT2D eigenvalue weighted by molar-refractivity contribution is 7.99. The summed E-state index contributed by atoms with van der Waals surface area (Å²) in [6.07, 6.45) is 2.01. The van der Waals surface area contributed by atoms with E-state index in [4.69, 9.17) is 5.73 Å². The number of nitro benzene ring substituents is 1. The second-order valence-corrected chi connectivity index (χ2v) is 5.95. The molecule has 0 saturated heterocycles. The van der Waals surface area contributed by atoms with Gasteiger partial charge in [-0.25, -0.2) is 0 Å². The van der Waals surface area contributed by atoms with Crippen LogP contribution in [-0.2, 0) is 4.79 Å². The lowest BCUT2D eigenvalue weighted by molar-refractivity contribution is -0.384. The second-order valence-electron chi connectivity index (χ2n) is 4.90. The van der Waals surface area contributed by atoms with Crippen LogP contribution in [0.2, 0.25) is 0 Å². The summed E-state index contributed by atoms with van der Waals surface area (Å²) in [5.74, 6) is 0.480. The third kappa shape index (κ3) is 2.94. The number of rotatable bonds is 7. The SMILES string of the molecule is CNC(CSc1ccc([N+](=O)[O-])cc1)(C(N)=O)C1CC1. The highest BCUT2D eigenvalue weighted by Gasteiger charge is 2.48. The smallest absolute Gasteiger partial charge is 0.269 e. The van der Waals surface area contributed by atoms with Crippen LogP contribution < -0.4 is 11.1 Å². The molecule has 0 bridgehead atoms. The first kappa shape index (κ1) is 14.8. The number of hydrogen-bond donors (Lipinski definition) is 2. The number of amides is 1. The van der Waals surface area contributed by atoms with Crippen LogP contribution in [0.3, 0.4) is 0 Å². The minimum atomic E-state index is -0.688. The number of non-ortho nitro benzene ring substituents is 1. The molecule has 3 N–H and O–H groups in total. The monoisotopic (exact) mass is 295 g/mol. The standard InChI is InChI=1S/C13H17N3O3S/c1-15-13(12(14)17,9-2-3-9)8-20-11-6-4-10(5-7-11)16(18)19/h4-7,9,15H,2-3,8H2,1H3,(H2,14,17). The number of thioether (sulfide) groups is 1. The molecule has 1 unspecified atom stereocenters. The molecule has 2 rings (SSSR count). The summed E-state index contributed by atoms with van der Waals surface area (Å²) in [6.45, 7) is 0. The summed E-state index contributed by atoms with van der Waals surface area (Å²) >= 11 is 1.48. The normalized spacial score (nSPS) is 17.4. The van der Waals surface area contributed by atoms with Crippen LogP contribution in [0.5, 0.6) is 0 Å². The van der Waals surface area contributed by atoms with Crippen LogP contribution in [0, 0.1) is 16.0 Å². The molecule has 0 heterocycles. The molecular weight excluding hydrogens is 278 g/mol. The first-order valence-corrected chi connectivity index (χ1v) is 7.34. The molecule has 1 amide bonds. The number of benzene rings is 1. The van der Waals surface area contributed by atoms with Gasteiger partial charge in [-0.1, -0.05) is 0 Å². The number of nitrogens with zero attached hydrogens (tertiary/aromatic N) is 1. The second kappa shape index (κ2) is 5.80. The number of hydrogen-bond acceptors (Lipinski definition) is 5. The molecule has 1 fully saturated rings. The van der Waals surface area contributed by atoms with Gasteiger partial charge < -0.3 is 11.1 Å². The van der Waals surface area contributed by atoms with Crippen molar-refractivity contribution in [1.29, 1.82) is 0 Å². The highest BCUT2D eigenvalue weighted by Crippen LogP contribution is 2.42. The molecule has 108 valence electrons. The Hall–Kier alpha value is -1.60. The maximum absolute atomic E-state index is 11.8. The molecule has 0 spiro atoms. The van der Waals surface area contributed by atoms with Gasteiger partial charge in [0.05, 0.1) is 4.92 Å². The minimum Gasteiger partial charge on any atom is -0.368 e. The van der Waals surface area contributed by atoms with Gasteiger partial charge in [-0.3, -0.25) is 14.9 Å². The van der Waals surface area contributed by atoms with Crippen molar-refractivity contribution in [2.45, 2.75) is 23.3 Å². The predicted octanol–water partition coefficient (Wildman–Crippen LogP) is 1.54. The fraction of sp³-hybridized carbons (Fsp3) is 0.462. The topological polar surface area (TPSA) is 98.3 Å². The van der Waals surface area contributed by atoms with Crippen LogP contribution >= 0.6 is 11.8 Å². The molecule has 1 aliphatic carbocycles.